The Bertz CT molecular complexity index is 1090. The maximum Gasteiger partial charge on any atom is 0.257 e. The number of halogens is 1. The standard InChI is InChI=1S/C27H29ClN2O2/c1-19-9-10-20(2)23(17-19)26(21-7-5-4-6-8-21)29-13-15-30(16-14-29)27(31)24-18-22(28)11-12-25(24)32-3/h4-12,17-18,26H,13-16H2,1-3H3/t26-/m0/s1. The summed E-state index contributed by atoms with van der Waals surface area (Å²) in [5, 5.41) is 0.534. The van der Waals surface area contributed by atoms with Gasteiger partial charge in [0.25, 0.3) is 5.91 Å². The lowest BCUT2D eigenvalue weighted by Crippen LogP contribution is -2.50. The molecule has 0 unspecified atom stereocenters. The van der Waals surface area contributed by atoms with Crippen molar-refractivity contribution < 1.29 is 9.53 Å². The second-order valence-electron chi connectivity index (χ2n) is 8.35. The first-order chi connectivity index (χ1) is 15.5. The predicted octanol–water partition coefficient (Wildman–Crippen LogP) is 5.51. The van der Waals surface area contributed by atoms with Crippen molar-refractivity contribution >= 4 is 17.5 Å². The van der Waals surface area contributed by atoms with E-state index in [1.54, 1.807) is 25.3 Å². The number of rotatable bonds is 5. The number of amides is 1. The first-order valence-corrected chi connectivity index (χ1v) is 11.3. The van der Waals surface area contributed by atoms with Gasteiger partial charge in [-0.25, -0.2) is 0 Å². The van der Waals surface area contributed by atoms with Gasteiger partial charge in [-0.2, -0.15) is 0 Å². The average molecular weight is 449 g/mol. The fraction of sp³-hybridized carbons (Fsp3) is 0.296. The molecule has 1 aliphatic heterocycles. The lowest BCUT2D eigenvalue weighted by molar-refractivity contribution is 0.0594. The molecule has 1 aliphatic rings. The van der Waals surface area contributed by atoms with E-state index < -0.39 is 0 Å². The molecular weight excluding hydrogens is 420 g/mol. The number of hydrogen-bond donors (Lipinski definition) is 0. The van der Waals surface area contributed by atoms with E-state index >= 15 is 0 Å². The van der Waals surface area contributed by atoms with Crippen molar-refractivity contribution in [2.45, 2.75) is 19.9 Å². The van der Waals surface area contributed by atoms with E-state index in [1.807, 2.05) is 4.90 Å². The summed E-state index contributed by atoms with van der Waals surface area (Å²) >= 11 is 6.15. The molecule has 1 atom stereocenters. The molecule has 0 aliphatic carbocycles. The molecule has 1 heterocycles. The van der Waals surface area contributed by atoms with Crippen molar-refractivity contribution in [3.63, 3.8) is 0 Å². The monoisotopic (exact) mass is 448 g/mol. The fourth-order valence-electron chi connectivity index (χ4n) is 4.48. The number of ether oxygens (including phenoxy) is 1. The summed E-state index contributed by atoms with van der Waals surface area (Å²) in [5.41, 5.74) is 5.66. The van der Waals surface area contributed by atoms with E-state index in [1.165, 1.54) is 22.3 Å². The molecule has 1 saturated heterocycles. The average Bonchev–Trinajstić information content (AvgIpc) is 2.82. The molecule has 3 aromatic rings. The summed E-state index contributed by atoms with van der Waals surface area (Å²) in [6.07, 6.45) is 0. The van der Waals surface area contributed by atoms with Crippen LogP contribution in [0.2, 0.25) is 5.02 Å². The van der Waals surface area contributed by atoms with Crippen molar-refractivity contribution in [1.82, 2.24) is 9.80 Å². The normalized spacial score (nSPS) is 15.4. The Hall–Kier alpha value is -2.82. The smallest absolute Gasteiger partial charge is 0.257 e. The van der Waals surface area contributed by atoms with Crippen molar-refractivity contribution in [3.05, 3.63) is 99.6 Å². The highest BCUT2D eigenvalue weighted by molar-refractivity contribution is 6.31. The van der Waals surface area contributed by atoms with E-state index in [-0.39, 0.29) is 11.9 Å². The molecular formula is C27H29ClN2O2. The summed E-state index contributed by atoms with van der Waals surface area (Å²) in [4.78, 5) is 17.6. The summed E-state index contributed by atoms with van der Waals surface area (Å²) in [6, 6.07) is 22.6. The largest absolute Gasteiger partial charge is 0.496 e. The molecule has 1 amide bonds. The van der Waals surface area contributed by atoms with Gasteiger partial charge in [-0.15, -0.1) is 0 Å². The van der Waals surface area contributed by atoms with Crippen LogP contribution in [-0.2, 0) is 0 Å². The highest BCUT2D eigenvalue weighted by Crippen LogP contribution is 2.33. The molecule has 5 heteroatoms. The Morgan fingerprint density at radius 1 is 0.938 bits per heavy atom. The van der Waals surface area contributed by atoms with E-state index in [4.69, 9.17) is 16.3 Å². The van der Waals surface area contributed by atoms with Crippen molar-refractivity contribution in [2.75, 3.05) is 33.3 Å². The van der Waals surface area contributed by atoms with Gasteiger partial charge in [0.2, 0.25) is 0 Å². The van der Waals surface area contributed by atoms with Crippen LogP contribution in [0.15, 0.2) is 66.7 Å². The van der Waals surface area contributed by atoms with E-state index in [9.17, 15) is 4.79 Å². The number of carbonyl (C=O) groups is 1. The maximum atomic E-state index is 13.2. The van der Waals surface area contributed by atoms with Crippen LogP contribution in [-0.4, -0.2) is 49.0 Å². The number of benzene rings is 3. The zero-order chi connectivity index (χ0) is 22.7. The van der Waals surface area contributed by atoms with Gasteiger partial charge in [-0.3, -0.25) is 9.69 Å². The minimum Gasteiger partial charge on any atom is -0.496 e. The van der Waals surface area contributed by atoms with Crippen LogP contribution in [0.25, 0.3) is 0 Å². The highest BCUT2D eigenvalue weighted by Gasteiger charge is 2.30. The van der Waals surface area contributed by atoms with Crippen LogP contribution in [0.5, 0.6) is 5.75 Å². The molecule has 0 saturated carbocycles. The van der Waals surface area contributed by atoms with Crippen molar-refractivity contribution in [2.24, 2.45) is 0 Å². The summed E-state index contributed by atoms with van der Waals surface area (Å²) in [5.74, 6) is 0.520. The molecule has 0 bridgehead atoms. The highest BCUT2D eigenvalue weighted by atomic mass is 35.5. The van der Waals surface area contributed by atoms with Gasteiger partial charge < -0.3 is 9.64 Å². The molecule has 4 rings (SSSR count). The molecule has 1 fully saturated rings. The first kappa shape index (κ1) is 22.4. The molecule has 166 valence electrons. The SMILES string of the molecule is COc1ccc(Cl)cc1C(=O)N1CCN([C@@H](c2ccccc2)c2cc(C)ccc2C)CC1. The minimum absolute atomic E-state index is 0.0352. The van der Waals surface area contributed by atoms with Gasteiger partial charge in [0.15, 0.2) is 0 Å². The summed E-state index contributed by atoms with van der Waals surface area (Å²) in [6.45, 7) is 7.21. The van der Waals surface area contributed by atoms with Gasteiger partial charge in [0, 0.05) is 31.2 Å². The quantitative estimate of drug-likeness (QED) is 0.515. The lowest BCUT2D eigenvalue weighted by atomic mass is 9.92. The van der Waals surface area contributed by atoms with Gasteiger partial charge in [0.1, 0.15) is 5.75 Å². The second-order valence-corrected chi connectivity index (χ2v) is 8.78. The van der Waals surface area contributed by atoms with Crippen molar-refractivity contribution in [3.8, 4) is 5.75 Å². The van der Waals surface area contributed by atoms with Crippen LogP contribution >= 0.6 is 11.6 Å². The third-order valence-corrected chi connectivity index (χ3v) is 6.44. The molecule has 4 nitrogen and oxygen atoms in total. The number of methoxy groups -OCH3 is 1. The molecule has 0 N–H and O–H groups in total. The molecule has 0 spiro atoms. The van der Waals surface area contributed by atoms with Gasteiger partial charge >= 0.3 is 0 Å². The number of carbonyl (C=O) groups excluding carboxylic acids is 1. The number of aryl methyl sites for hydroxylation is 2. The maximum absolute atomic E-state index is 13.2. The van der Waals surface area contributed by atoms with E-state index in [0.717, 1.165) is 13.1 Å². The van der Waals surface area contributed by atoms with Gasteiger partial charge in [0.05, 0.1) is 18.7 Å². The third kappa shape index (κ3) is 4.67. The zero-order valence-electron chi connectivity index (χ0n) is 18.8. The molecule has 32 heavy (non-hydrogen) atoms. The van der Waals surface area contributed by atoms with E-state index in [0.29, 0.717) is 29.4 Å². The van der Waals surface area contributed by atoms with Crippen LogP contribution in [0.4, 0.5) is 0 Å². The third-order valence-electron chi connectivity index (χ3n) is 6.20. The topological polar surface area (TPSA) is 32.8 Å². The number of hydrogen-bond acceptors (Lipinski definition) is 3. The van der Waals surface area contributed by atoms with Crippen LogP contribution in [0.1, 0.15) is 38.7 Å². The summed E-state index contributed by atoms with van der Waals surface area (Å²) in [7, 11) is 1.58. The molecule has 0 radical (unpaired) electrons. The fourth-order valence-corrected chi connectivity index (χ4v) is 4.65. The van der Waals surface area contributed by atoms with Gasteiger partial charge in [-0.05, 0) is 48.7 Å². The Labute approximate surface area is 195 Å². The number of piperazine rings is 1. The first-order valence-electron chi connectivity index (χ1n) is 11.0. The van der Waals surface area contributed by atoms with E-state index in [2.05, 4.69) is 67.3 Å². The summed E-state index contributed by atoms with van der Waals surface area (Å²) < 4.78 is 5.40. The Morgan fingerprint density at radius 3 is 2.34 bits per heavy atom. The predicted molar refractivity (Wildman–Crippen MR) is 130 cm³/mol. The Kier molecular flexibility index (Phi) is 6.83. The number of nitrogens with zero attached hydrogens (tertiary/aromatic N) is 2. The van der Waals surface area contributed by atoms with Crippen LogP contribution in [0, 0.1) is 13.8 Å². The minimum atomic E-state index is -0.0352. The molecule has 0 aromatic heterocycles. The Morgan fingerprint density at radius 2 is 1.66 bits per heavy atom. The zero-order valence-corrected chi connectivity index (χ0v) is 19.6. The lowest BCUT2D eigenvalue weighted by Gasteiger charge is -2.40. The van der Waals surface area contributed by atoms with Crippen LogP contribution in [0.3, 0.4) is 0 Å². The van der Waals surface area contributed by atoms with Crippen LogP contribution < -0.4 is 4.74 Å². The second kappa shape index (κ2) is 9.76. The van der Waals surface area contributed by atoms with Crippen molar-refractivity contribution in [1.29, 1.82) is 0 Å². The molecule has 3 aromatic carbocycles. The Balaban J connectivity index is 1.58. The van der Waals surface area contributed by atoms with Gasteiger partial charge in [-0.1, -0.05) is 65.7 Å².